The molecule has 22 heavy (non-hydrogen) atoms. The second kappa shape index (κ2) is 8.39. The third-order valence-corrected chi connectivity index (χ3v) is 5.03. The number of sulfonamides is 1. The summed E-state index contributed by atoms with van der Waals surface area (Å²) in [5.74, 6) is 1.54. The van der Waals surface area contributed by atoms with E-state index >= 15 is 0 Å². The molecule has 0 fully saturated rings. The molecule has 1 rings (SSSR count). The highest BCUT2D eigenvalue weighted by molar-refractivity contribution is 7.89. The van der Waals surface area contributed by atoms with Crippen molar-refractivity contribution in [3.8, 4) is 11.5 Å². The van der Waals surface area contributed by atoms with Gasteiger partial charge < -0.3 is 9.47 Å². The molecule has 0 spiro atoms. The summed E-state index contributed by atoms with van der Waals surface area (Å²) in [4.78, 5) is 0.181. The first-order valence-electron chi connectivity index (χ1n) is 7.54. The van der Waals surface area contributed by atoms with Crippen molar-refractivity contribution < 1.29 is 17.9 Å². The molecule has 5 nitrogen and oxygen atoms in total. The first kappa shape index (κ1) is 18.8. The molecule has 1 aromatic carbocycles. The van der Waals surface area contributed by atoms with Crippen LogP contribution in [0.4, 0.5) is 0 Å². The predicted molar refractivity (Wildman–Crippen MR) is 88.0 cm³/mol. The predicted octanol–water partition coefficient (Wildman–Crippen LogP) is 3.20. The van der Waals surface area contributed by atoms with Gasteiger partial charge in [0.2, 0.25) is 10.0 Å². The molecule has 0 aliphatic rings. The third-order valence-electron chi connectivity index (χ3n) is 3.44. The van der Waals surface area contributed by atoms with Crippen LogP contribution in [0.25, 0.3) is 0 Å². The Morgan fingerprint density at radius 1 is 1.05 bits per heavy atom. The number of benzene rings is 1. The number of hydrogen-bond donors (Lipinski definition) is 1. The van der Waals surface area contributed by atoms with Gasteiger partial charge in [0.1, 0.15) is 0 Å². The van der Waals surface area contributed by atoms with Crippen molar-refractivity contribution in [2.45, 2.75) is 51.0 Å². The van der Waals surface area contributed by atoms with Crippen LogP contribution in [0.5, 0.6) is 11.5 Å². The van der Waals surface area contributed by atoms with Crippen LogP contribution in [0.15, 0.2) is 23.1 Å². The van der Waals surface area contributed by atoms with Crippen molar-refractivity contribution in [2.75, 3.05) is 14.2 Å². The minimum atomic E-state index is -3.55. The summed E-state index contributed by atoms with van der Waals surface area (Å²) < 4.78 is 37.8. The summed E-state index contributed by atoms with van der Waals surface area (Å²) in [6, 6.07) is 4.49. The van der Waals surface area contributed by atoms with Gasteiger partial charge in [-0.25, -0.2) is 13.1 Å². The second-order valence-corrected chi connectivity index (χ2v) is 7.58. The lowest BCUT2D eigenvalue weighted by molar-refractivity contribution is 0.354. The minimum Gasteiger partial charge on any atom is -0.493 e. The fourth-order valence-electron chi connectivity index (χ4n) is 2.21. The van der Waals surface area contributed by atoms with E-state index in [1.807, 2.05) is 6.92 Å². The topological polar surface area (TPSA) is 64.6 Å². The molecular formula is C16H27NO4S. The SMILES string of the molecule is COc1ccc(S(=O)(=O)N[C@H](C)CCCC(C)C)cc1OC. The first-order chi connectivity index (χ1) is 10.3. The Bertz CT molecular complexity index is 570. The molecule has 0 saturated carbocycles. The first-order valence-corrected chi connectivity index (χ1v) is 9.02. The van der Waals surface area contributed by atoms with E-state index in [2.05, 4.69) is 18.6 Å². The smallest absolute Gasteiger partial charge is 0.240 e. The van der Waals surface area contributed by atoms with Crippen LogP contribution < -0.4 is 14.2 Å². The van der Waals surface area contributed by atoms with E-state index in [9.17, 15) is 8.42 Å². The lowest BCUT2D eigenvalue weighted by atomic mass is 10.0. The number of nitrogens with one attached hydrogen (secondary N) is 1. The van der Waals surface area contributed by atoms with E-state index in [0.717, 1.165) is 19.3 Å². The monoisotopic (exact) mass is 329 g/mol. The fourth-order valence-corrected chi connectivity index (χ4v) is 3.50. The summed E-state index contributed by atoms with van der Waals surface area (Å²) in [6.45, 7) is 6.22. The zero-order valence-electron chi connectivity index (χ0n) is 14.0. The summed E-state index contributed by atoms with van der Waals surface area (Å²) in [5.41, 5.74) is 0. The average Bonchev–Trinajstić information content (AvgIpc) is 2.45. The minimum absolute atomic E-state index is 0.100. The van der Waals surface area contributed by atoms with Gasteiger partial charge in [-0.1, -0.05) is 26.7 Å². The molecule has 0 amide bonds. The number of ether oxygens (including phenoxy) is 2. The lowest BCUT2D eigenvalue weighted by Gasteiger charge is -2.16. The van der Waals surface area contributed by atoms with Crippen LogP contribution >= 0.6 is 0 Å². The van der Waals surface area contributed by atoms with E-state index in [1.165, 1.54) is 26.4 Å². The lowest BCUT2D eigenvalue weighted by Crippen LogP contribution is -2.32. The van der Waals surface area contributed by atoms with E-state index in [4.69, 9.17) is 9.47 Å². The summed E-state index contributed by atoms with van der Waals surface area (Å²) in [7, 11) is -0.556. The highest BCUT2D eigenvalue weighted by atomic mass is 32.2. The Morgan fingerprint density at radius 3 is 2.23 bits per heavy atom. The van der Waals surface area contributed by atoms with Crippen LogP contribution in [0.2, 0.25) is 0 Å². The van der Waals surface area contributed by atoms with Gasteiger partial charge in [-0.2, -0.15) is 0 Å². The van der Waals surface area contributed by atoms with Gasteiger partial charge in [-0.05, 0) is 31.4 Å². The molecule has 0 aliphatic carbocycles. The molecule has 0 heterocycles. The molecule has 0 unspecified atom stereocenters. The van der Waals surface area contributed by atoms with Crippen LogP contribution in [-0.4, -0.2) is 28.7 Å². The Balaban J connectivity index is 2.77. The highest BCUT2D eigenvalue weighted by Gasteiger charge is 2.19. The van der Waals surface area contributed by atoms with E-state index in [-0.39, 0.29) is 10.9 Å². The van der Waals surface area contributed by atoms with Gasteiger partial charge in [0, 0.05) is 12.1 Å². The van der Waals surface area contributed by atoms with Crippen molar-refractivity contribution in [3.05, 3.63) is 18.2 Å². The molecule has 1 atom stereocenters. The summed E-state index contributed by atoms with van der Waals surface area (Å²) in [6.07, 6.45) is 2.93. The van der Waals surface area contributed by atoms with Crippen LogP contribution in [-0.2, 0) is 10.0 Å². The number of methoxy groups -OCH3 is 2. The molecule has 0 bridgehead atoms. The van der Waals surface area contributed by atoms with E-state index < -0.39 is 10.0 Å². The average molecular weight is 329 g/mol. The van der Waals surface area contributed by atoms with Crippen LogP contribution in [0.1, 0.15) is 40.0 Å². The van der Waals surface area contributed by atoms with Crippen molar-refractivity contribution in [2.24, 2.45) is 5.92 Å². The Labute approximate surface area is 134 Å². The van der Waals surface area contributed by atoms with E-state index in [1.54, 1.807) is 6.07 Å². The molecule has 6 heteroatoms. The molecule has 126 valence electrons. The zero-order chi connectivity index (χ0) is 16.8. The molecule has 0 aromatic heterocycles. The molecule has 0 aliphatic heterocycles. The van der Waals surface area contributed by atoms with Crippen molar-refractivity contribution in [3.63, 3.8) is 0 Å². The molecular weight excluding hydrogens is 302 g/mol. The zero-order valence-corrected chi connectivity index (χ0v) is 14.9. The van der Waals surface area contributed by atoms with Gasteiger partial charge in [0.15, 0.2) is 11.5 Å². The van der Waals surface area contributed by atoms with Crippen LogP contribution in [0.3, 0.4) is 0 Å². The quantitative estimate of drug-likeness (QED) is 0.755. The van der Waals surface area contributed by atoms with Gasteiger partial charge in [0.25, 0.3) is 0 Å². The van der Waals surface area contributed by atoms with Crippen molar-refractivity contribution in [1.29, 1.82) is 0 Å². The fraction of sp³-hybridized carbons (Fsp3) is 0.625. The van der Waals surface area contributed by atoms with Crippen molar-refractivity contribution >= 4 is 10.0 Å². The molecule has 1 aromatic rings. The third kappa shape index (κ3) is 5.50. The van der Waals surface area contributed by atoms with Gasteiger partial charge in [-0.3, -0.25) is 0 Å². The van der Waals surface area contributed by atoms with Gasteiger partial charge in [0.05, 0.1) is 19.1 Å². The summed E-state index contributed by atoms with van der Waals surface area (Å²) in [5, 5.41) is 0. The maximum atomic E-state index is 12.4. The van der Waals surface area contributed by atoms with Gasteiger partial charge in [-0.15, -0.1) is 0 Å². The largest absolute Gasteiger partial charge is 0.493 e. The highest BCUT2D eigenvalue weighted by Crippen LogP contribution is 2.29. The maximum absolute atomic E-state index is 12.4. The molecule has 0 radical (unpaired) electrons. The Morgan fingerprint density at radius 2 is 1.68 bits per heavy atom. The molecule has 1 N–H and O–H groups in total. The molecule has 0 saturated heterocycles. The van der Waals surface area contributed by atoms with Crippen LogP contribution in [0, 0.1) is 5.92 Å². The number of hydrogen-bond acceptors (Lipinski definition) is 4. The van der Waals surface area contributed by atoms with Crippen molar-refractivity contribution in [1.82, 2.24) is 4.72 Å². The van der Waals surface area contributed by atoms with E-state index in [0.29, 0.717) is 17.4 Å². The number of rotatable bonds is 9. The Kier molecular flexibility index (Phi) is 7.16. The normalized spacial score (nSPS) is 13.2. The second-order valence-electron chi connectivity index (χ2n) is 5.86. The summed E-state index contributed by atoms with van der Waals surface area (Å²) >= 11 is 0. The standard InChI is InChI=1S/C16H27NO4S/c1-12(2)7-6-8-13(3)17-22(18,19)14-9-10-15(20-4)16(11-14)21-5/h9-13,17H,6-8H2,1-5H3/t13-/m1/s1. The maximum Gasteiger partial charge on any atom is 0.240 e. The van der Waals surface area contributed by atoms with Gasteiger partial charge >= 0.3 is 0 Å². The Hall–Kier alpha value is -1.27.